The summed E-state index contributed by atoms with van der Waals surface area (Å²) in [6, 6.07) is 23.9. The van der Waals surface area contributed by atoms with Crippen molar-refractivity contribution in [2.75, 3.05) is 13.1 Å². The number of hydrogen-bond acceptors (Lipinski definition) is 6. The van der Waals surface area contributed by atoms with E-state index in [0.717, 1.165) is 24.8 Å². The topological polar surface area (TPSA) is 123 Å². The van der Waals surface area contributed by atoms with Crippen LogP contribution >= 0.6 is 0 Å². The van der Waals surface area contributed by atoms with Crippen molar-refractivity contribution in [1.82, 2.24) is 8.87 Å². The number of rotatable bonds is 14. The number of aromatic nitrogens is 1. The monoisotopic (exact) mass is 712 g/mol. The van der Waals surface area contributed by atoms with Crippen molar-refractivity contribution in [2.24, 2.45) is 5.92 Å². The molecule has 1 saturated heterocycles. The molecule has 1 fully saturated rings. The maximum Gasteiger partial charge on any atom is 1.00 e. The molecule has 0 aliphatic carbocycles. The molecular formula is C39H46FN2NaO6S. The van der Waals surface area contributed by atoms with Crippen LogP contribution in [-0.2, 0) is 27.8 Å². The van der Waals surface area contributed by atoms with Crippen molar-refractivity contribution in [3.8, 4) is 22.4 Å². The van der Waals surface area contributed by atoms with E-state index in [2.05, 4.69) is 12.1 Å². The van der Waals surface area contributed by atoms with Crippen LogP contribution in [0.2, 0.25) is 0 Å². The van der Waals surface area contributed by atoms with Crippen LogP contribution in [-0.4, -0.2) is 58.8 Å². The number of benzene rings is 3. The van der Waals surface area contributed by atoms with Crippen molar-refractivity contribution in [3.05, 3.63) is 102 Å². The number of carboxylic acids is 1. The molecule has 2 heterocycles. The number of halogens is 1. The maximum absolute atomic E-state index is 15.0. The SMILES string of the molecule is Cc1ccc(-c2c(S(=O)(=O)N3CCC(Cc4ccccc4)CC3)c(C(C)C)n(CC[C@@H](O)C[C@@H](O)CC(=O)[O-])c2-c2ccc(F)cc2)cc1.[Na+]. The summed E-state index contributed by atoms with van der Waals surface area (Å²) in [6.45, 7) is 6.78. The molecule has 5 rings (SSSR count). The molecule has 0 radical (unpaired) electrons. The number of carboxylic acid groups (broad SMARTS) is 1. The third-order valence-corrected chi connectivity index (χ3v) is 11.4. The van der Waals surface area contributed by atoms with Crippen molar-refractivity contribution >= 4 is 16.0 Å². The molecular weight excluding hydrogens is 666 g/mol. The fourth-order valence-corrected chi connectivity index (χ4v) is 9.03. The number of nitrogens with zero attached hydrogens (tertiary/aromatic N) is 2. The second-order valence-electron chi connectivity index (χ2n) is 13.6. The zero-order chi connectivity index (χ0) is 35.3. The molecule has 11 heteroatoms. The van der Waals surface area contributed by atoms with E-state index in [0.29, 0.717) is 47.1 Å². The third kappa shape index (κ3) is 9.53. The fourth-order valence-electron chi connectivity index (χ4n) is 6.99. The minimum atomic E-state index is -4.05. The van der Waals surface area contributed by atoms with Crippen LogP contribution in [0.4, 0.5) is 4.39 Å². The Morgan fingerprint density at radius 3 is 2.10 bits per heavy atom. The van der Waals surface area contributed by atoms with Crippen LogP contribution in [0.25, 0.3) is 22.4 Å². The number of sulfonamides is 1. The van der Waals surface area contributed by atoms with E-state index in [1.165, 1.54) is 17.7 Å². The fraction of sp³-hybridized carbons (Fsp3) is 0.410. The van der Waals surface area contributed by atoms with Crippen LogP contribution in [0.3, 0.4) is 0 Å². The average Bonchev–Trinajstić information content (AvgIpc) is 3.41. The van der Waals surface area contributed by atoms with E-state index in [1.54, 1.807) is 16.4 Å². The molecule has 3 aromatic carbocycles. The largest absolute Gasteiger partial charge is 1.00 e. The molecule has 2 atom stereocenters. The van der Waals surface area contributed by atoms with E-state index in [4.69, 9.17) is 0 Å². The van der Waals surface area contributed by atoms with E-state index in [1.807, 2.05) is 67.8 Å². The Morgan fingerprint density at radius 2 is 1.52 bits per heavy atom. The van der Waals surface area contributed by atoms with E-state index < -0.39 is 40.4 Å². The van der Waals surface area contributed by atoms with Gasteiger partial charge in [0.15, 0.2) is 0 Å². The van der Waals surface area contributed by atoms with Crippen molar-refractivity contribution in [2.45, 2.75) is 88.9 Å². The van der Waals surface area contributed by atoms with Gasteiger partial charge in [-0.1, -0.05) is 74.0 Å². The molecule has 0 amide bonds. The van der Waals surface area contributed by atoms with Crippen molar-refractivity contribution in [1.29, 1.82) is 0 Å². The van der Waals surface area contributed by atoms with Crippen molar-refractivity contribution < 1.29 is 62.5 Å². The number of aliphatic hydroxyl groups excluding tert-OH is 2. The van der Waals surface area contributed by atoms with Crippen molar-refractivity contribution in [3.63, 3.8) is 0 Å². The summed E-state index contributed by atoms with van der Waals surface area (Å²) < 4.78 is 47.7. The Bertz CT molecular complexity index is 1820. The second-order valence-corrected chi connectivity index (χ2v) is 15.4. The summed E-state index contributed by atoms with van der Waals surface area (Å²) in [5, 5.41) is 32.0. The number of aliphatic carboxylic acids is 1. The third-order valence-electron chi connectivity index (χ3n) is 9.43. The summed E-state index contributed by atoms with van der Waals surface area (Å²) in [6.07, 6.45) is -0.643. The first-order valence-corrected chi connectivity index (χ1v) is 18.5. The van der Waals surface area contributed by atoms with E-state index in [9.17, 15) is 32.9 Å². The standard InChI is InChI=1S/C39H47FN2O6S.Na/c1-26(2)37-39(49(47,48)41-20-17-29(18-21-41)23-28-7-5-4-6-8-28)36(30-11-9-27(3)10-12-30)38(31-13-15-32(40)16-14-31)42(37)22-19-33(43)24-34(44)25-35(45)46;/h4-16,26,29,33-34,43-44H,17-25H2,1-3H3,(H,45,46);/q;+1/p-1/t33-,34-;/m1./s1. The van der Waals surface area contributed by atoms with Crippen LogP contribution in [0, 0.1) is 18.7 Å². The molecule has 8 nitrogen and oxygen atoms in total. The van der Waals surface area contributed by atoms with Gasteiger partial charge in [0, 0.05) is 43.3 Å². The smallest absolute Gasteiger partial charge is 0.550 e. The number of carbonyl (C=O) groups is 1. The van der Waals surface area contributed by atoms with Gasteiger partial charge in [-0.05, 0) is 91.8 Å². The van der Waals surface area contributed by atoms with Gasteiger partial charge in [-0.3, -0.25) is 0 Å². The van der Waals surface area contributed by atoms with Gasteiger partial charge >= 0.3 is 29.6 Å². The van der Waals surface area contributed by atoms with Gasteiger partial charge in [0.2, 0.25) is 10.0 Å². The minimum absolute atomic E-state index is 0. The molecule has 0 saturated carbocycles. The Balaban J connectivity index is 0.00000562. The number of carbonyl (C=O) groups excluding carboxylic acids is 1. The van der Waals surface area contributed by atoms with Gasteiger partial charge in [-0.2, -0.15) is 4.31 Å². The Labute approximate surface area is 317 Å². The van der Waals surface area contributed by atoms with Crippen LogP contribution in [0.5, 0.6) is 0 Å². The number of aryl methyl sites for hydroxylation is 1. The first kappa shape index (κ1) is 39.9. The normalized spacial score (nSPS) is 15.5. The average molecular weight is 713 g/mol. The molecule has 50 heavy (non-hydrogen) atoms. The van der Waals surface area contributed by atoms with Crippen LogP contribution in [0.15, 0.2) is 83.8 Å². The summed E-state index contributed by atoms with van der Waals surface area (Å²) in [4.78, 5) is 11.2. The summed E-state index contributed by atoms with van der Waals surface area (Å²) >= 11 is 0. The number of piperidine rings is 1. The second kappa shape index (κ2) is 17.6. The Morgan fingerprint density at radius 1 is 0.920 bits per heavy atom. The van der Waals surface area contributed by atoms with Gasteiger partial charge in [0.1, 0.15) is 10.7 Å². The molecule has 1 aliphatic heterocycles. The van der Waals surface area contributed by atoms with E-state index >= 15 is 0 Å². The van der Waals surface area contributed by atoms with Gasteiger partial charge in [0.05, 0.1) is 17.9 Å². The quantitative estimate of drug-likeness (QED) is 0.194. The summed E-state index contributed by atoms with van der Waals surface area (Å²) in [5.74, 6) is -1.73. The van der Waals surface area contributed by atoms with E-state index in [-0.39, 0.29) is 59.8 Å². The predicted molar refractivity (Wildman–Crippen MR) is 187 cm³/mol. The molecule has 4 aromatic rings. The summed E-state index contributed by atoms with van der Waals surface area (Å²) in [7, 11) is -4.05. The number of aliphatic hydroxyl groups is 2. The maximum atomic E-state index is 15.0. The molecule has 1 aromatic heterocycles. The molecule has 0 spiro atoms. The molecule has 1 aliphatic rings. The molecule has 0 bridgehead atoms. The van der Waals surface area contributed by atoms with Gasteiger partial charge in [0.25, 0.3) is 0 Å². The summed E-state index contributed by atoms with van der Waals surface area (Å²) in [5.41, 5.74) is 5.26. The molecule has 262 valence electrons. The van der Waals surface area contributed by atoms with Gasteiger partial charge in [-0.15, -0.1) is 0 Å². The molecule has 0 unspecified atom stereocenters. The molecule has 2 N–H and O–H groups in total. The number of hydrogen-bond donors (Lipinski definition) is 2. The van der Waals surface area contributed by atoms with Gasteiger partial charge in [-0.25, -0.2) is 12.8 Å². The zero-order valence-corrected chi connectivity index (χ0v) is 32.2. The predicted octanol–water partition coefficient (Wildman–Crippen LogP) is 2.68. The van der Waals surface area contributed by atoms with Crippen LogP contribution in [0.1, 0.15) is 68.7 Å². The first-order valence-electron chi connectivity index (χ1n) is 17.0. The Kier molecular flexibility index (Phi) is 14.1. The first-order chi connectivity index (χ1) is 23.3. The zero-order valence-electron chi connectivity index (χ0n) is 29.4. The van der Waals surface area contributed by atoms with Gasteiger partial charge < -0.3 is 24.7 Å². The Hall–Kier alpha value is -2.83. The van der Waals surface area contributed by atoms with Crippen LogP contribution < -0.4 is 34.7 Å². The minimum Gasteiger partial charge on any atom is -0.550 e.